The molecule has 3 N–H and O–H groups in total. The zero-order valence-electron chi connectivity index (χ0n) is 11.4. The summed E-state index contributed by atoms with van der Waals surface area (Å²) in [5.41, 5.74) is 8.41. The smallest absolute Gasteiger partial charge is 0.289 e. The number of hydrogen-bond acceptors (Lipinski definition) is 4. The Kier molecular flexibility index (Phi) is 3.22. The van der Waals surface area contributed by atoms with E-state index in [1.54, 1.807) is 12.5 Å². The molecule has 0 radical (unpaired) electrons. The Morgan fingerprint density at radius 1 is 1.65 bits per heavy atom. The Bertz CT molecular complexity index is 616. The maximum absolute atomic E-state index is 12.5. The molecule has 2 aromatic heterocycles. The molecule has 1 saturated heterocycles. The molecule has 3 heterocycles. The van der Waals surface area contributed by atoms with Crippen LogP contribution < -0.4 is 5.73 Å². The zero-order valence-corrected chi connectivity index (χ0v) is 11.4. The Hall–Kier alpha value is -2.24. The number of aryl methyl sites for hydroxylation is 1. The number of hydrogen-bond donors (Lipinski definition) is 2. The van der Waals surface area contributed by atoms with Crippen LogP contribution in [-0.2, 0) is 6.42 Å². The normalized spacial score (nSPS) is 18.6. The van der Waals surface area contributed by atoms with Crippen molar-refractivity contribution >= 4 is 11.6 Å². The van der Waals surface area contributed by atoms with Crippen molar-refractivity contribution in [3.63, 3.8) is 0 Å². The first kappa shape index (κ1) is 12.8. The van der Waals surface area contributed by atoms with Crippen molar-refractivity contribution in [1.82, 2.24) is 15.1 Å². The standard InChI is InChI=1S/C14H18N4O2/c1-2-9-4-6-20-13(9)14(19)18-5-3-10(8-18)12-11(15)7-16-17-12/h4,6-7,10H,2-3,5,8,15H2,1H3,(H,16,17). The number of carbonyl (C=O) groups excluding carboxylic acids is 1. The van der Waals surface area contributed by atoms with E-state index in [1.165, 1.54) is 0 Å². The van der Waals surface area contributed by atoms with E-state index >= 15 is 0 Å². The molecule has 1 amide bonds. The lowest BCUT2D eigenvalue weighted by atomic mass is 10.0. The Morgan fingerprint density at radius 2 is 2.50 bits per heavy atom. The number of nitrogen functional groups attached to an aromatic ring is 1. The number of likely N-dealkylation sites (tertiary alicyclic amines) is 1. The highest BCUT2D eigenvalue weighted by atomic mass is 16.3. The van der Waals surface area contributed by atoms with Crippen LogP contribution >= 0.6 is 0 Å². The van der Waals surface area contributed by atoms with Crippen molar-refractivity contribution in [3.8, 4) is 0 Å². The van der Waals surface area contributed by atoms with Crippen LogP contribution in [0.3, 0.4) is 0 Å². The summed E-state index contributed by atoms with van der Waals surface area (Å²) in [4.78, 5) is 14.3. The molecule has 1 unspecified atom stereocenters. The summed E-state index contributed by atoms with van der Waals surface area (Å²) in [5.74, 6) is 0.652. The van der Waals surface area contributed by atoms with Gasteiger partial charge in [0.05, 0.1) is 23.8 Å². The van der Waals surface area contributed by atoms with Crippen molar-refractivity contribution in [2.75, 3.05) is 18.8 Å². The molecule has 20 heavy (non-hydrogen) atoms. The van der Waals surface area contributed by atoms with Gasteiger partial charge in [-0.3, -0.25) is 9.89 Å². The second kappa shape index (κ2) is 5.03. The van der Waals surface area contributed by atoms with Crippen molar-refractivity contribution < 1.29 is 9.21 Å². The fourth-order valence-electron chi connectivity index (χ4n) is 2.76. The summed E-state index contributed by atoms with van der Waals surface area (Å²) >= 11 is 0. The topological polar surface area (TPSA) is 88.2 Å². The van der Waals surface area contributed by atoms with Gasteiger partial charge in [0, 0.05) is 24.6 Å². The minimum Gasteiger partial charge on any atom is -0.459 e. The molecule has 1 aliphatic heterocycles. The number of nitrogens with two attached hydrogens (primary N) is 1. The first-order valence-electron chi connectivity index (χ1n) is 6.85. The largest absolute Gasteiger partial charge is 0.459 e. The third-order valence-corrected chi connectivity index (χ3v) is 3.91. The minimum absolute atomic E-state index is 0.0348. The van der Waals surface area contributed by atoms with E-state index in [0.717, 1.165) is 24.1 Å². The fourth-order valence-corrected chi connectivity index (χ4v) is 2.76. The third-order valence-electron chi connectivity index (χ3n) is 3.91. The number of nitrogens with one attached hydrogen (secondary N) is 1. The number of rotatable bonds is 3. The molecule has 1 atom stereocenters. The van der Waals surface area contributed by atoms with Crippen LogP contribution in [0.15, 0.2) is 22.9 Å². The van der Waals surface area contributed by atoms with Gasteiger partial charge in [-0.25, -0.2) is 0 Å². The highest BCUT2D eigenvalue weighted by molar-refractivity contribution is 5.93. The summed E-state index contributed by atoms with van der Waals surface area (Å²) in [6, 6.07) is 1.85. The van der Waals surface area contributed by atoms with Gasteiger partial charge in [0.15, 0.2) is 5.76 Å². The van der Waals surface area contributed by atoms with Gasteiger partial charge in [-0.15, -0.1) is 0 Å². The Labute approximate surface area is 116 Å². The van der Waals surface area contributed by atoms with Crippen molar-refractivity contribution in [2.45, 2.75) is 25.7 Å². The molecule has 0 aliphatic carbocycles. The molecule has 0 bridgehead atoms. The molecule has 6 heteroatoms. The monoisotopic (exact) mass is 274 g/mol. The van der Waals surface area contributed by atoms with Gasteiger partial charge in [-0.1, -0.05) is 6.92 Å². The average molecular weight is 274 g/mol. The van der Waals surface area contributed by atoms with Crippen molar-refractivity contribution in [3.05, 3.63) is 35.5 Å². The molecular weight excluding hydrogens is 256 g/mol. The lowest BCUT2D eigenvalue weighted by molar-refractivity contribution is 0.0757. The molecule has 1 aliphatic rings. The van der Waals surface area contributed by atoms with Crippen molar-refractivity contribution in [2.24, 2.45) is 0 Å². The van der Waals surface area contributed by atoms with E-state index in [-0.39, 0.29) is 11.8 Å². The summed E-state index contributed by atoms with van der Waals surface area (Å²) < 4.78 is 5.34. The highest BCUT2D eigenvalue weighted by Gasteiger charge is 2.31. The van der Waals surface area contributed by atoms with Gasteiger partial charge >= 0.3 is 0 Å². The number of furan rings is 1. The molecule has 0 aromatic carbocycles. The van der Waals surface area contributed by atoms with Crippen LogP contribution in [0.25, 0.3) is 0 Å². The summed E-state index contributed by atoms with van der Waals surface area (Å²) in [7, 11) is 0. The maximum atomic E-state index is 12.5. The van der Waals surface area contributed by atoms with E-state index in [9.17, 15) is 4.79 Å². The van der Waals surface area contributed by atoms with Gasteiger partial charge in [0.25, 0.3) is 5.91 Å². The molecule has 2 aromatic rings. The molecular formula is C14H18N4O2. The van der Waals surface area contributed by atoms with Crippen LogP contribution in [0.4, 0.5) is 5.69 Å². The third kappa shape index (κ3) is 2.07. The van der Waals surface area contributed by atoms with Gasteiger partial charge in [0.2, 0.25) is 0 Å². The van der Waals surface area contributed by atoms with Crippen LogP contribution in [0, 0.1) is 0 Å². The number of aromatic nitrogens is 2. The SMILES string of the molecule is CCc1ccoc1C(=O)N1CCC(c2[nH]ncc2N)C1. The summed E-state index contributed by atoms with van der Waals surface area (Å²) in [6.45, 7) is 3.38. The lowest BCUT2D eigenvalue weighted by Gasteiger charge is -2.15. The quantitative estimate of drug-likeness (QED) is 0.893. The van der Waals surface area contributed by atoms with E-state index in [1.807, 2.05) is 17.9 Å². The lowest BCUT2D eigenvalue weighted by Crippen LogP contribution is -2.28. The van der Waals surface area contributed by atoms with Gasteiger partial charge < -0.3 is 15.1 Å². The van der Waals surface area contributed by atoms with Crippen LogP contribution in [0.2, 0.25) is 0 Å². The van der Waals surface area contributed by atoms with E-state index in [2.05, 4.69) is 10.2 Å². The van der Waals surface area contributed by atoms with Gasteiger partial charge in [-0.05, 0) is 18.9 Å². The van der Waals surface area contributed by atoms with E-state index < -0.39 is 0 Å². The number of nitrogens with zero attached hydrogens (tertiary/aromatic N) is 2. The molecule has 0 spiro atoms. The maximum Gasteiger partial charge on any atom is 0.289 e. The first-order valence-corrected chi connectivity index (χ1v) is 6.85. The predicted molar refractivity (Wildman–Crippen MR) is 74.3 cm³/mol. The number of amides is 1. The van der Waals surface area contributed by atoms with Gasteiger partial charge in [0.1, 0.15) is 0 Å². The predicted octanol–water partition coefficient (Wildman–Crippen LogP) is 1.78. The fraction of sp³-hybridized carbons (Fsp3) is 0.429. The number of carbonyl (C=O) groups is 1. The highest BCUT2D eigenvalue weighted by Crippen LogP contribution is 2.30. The average Bonchev–Trinajstić information content (AvgIpc) is 3.17. The van der Waals surface area contributed by atoms with Gasteiger partial charge in [-0.2, -0.15) is 5.10 Å². The molecule has 6 nitrogen and oxygen atoms in total. The van der Waals surface area contributed by atoms with Crippen LogP contribution in [-0.4, -0.2) is 34.1 Å². The zero-order chi connectivity index (χ0) is 14.1. The molecule has 106 valence electrons. The van der Waals surface area contributed by atoms with Crippen LogP contribution in [0.5, 0.6) is 0 Å². The van der Waals surface area contributed by atoms with Crippen LogP contribution in [0.1, 0.15) is 41.1 Å². The second-order valence-corrected chi connectivity index (χ2v) is 5.10. The molecule has 1 fully saturated rings. The number of H-pyrrole nitrogens is 1. The van der Waals surface area contributed by atoms with Crippen molar-refractivity contribution in [1.29, 1.82) is 0 Å². The minimum atomic E-state index is -0.0348. The molecule has 3 rings (SSSR count). The number of anilines is 1. The first-order chi connectivity index (χ1) is 9.70. The second-order valence-electron chi connectivity index (χ2n) is 5.10. The Balaban J connectivity index is 1.74. The summed E-state index contributed by atoms with van der Waals surface area (Å²) in [5, 5.41) is 6.87. The van der Waals surface area contributed by atoms with E-state index in [0.29, 0.717) is 24.5 Å². The Morgan fingerprint density at radius 3 is 3.20 bits per heavy atom. The summed E-state index contributed by atoms with van der Waals surface area (Å²) in [6.07, 6.45) is 4.87. The van der Waals surface area contributed by atoms with E-state index in [4.69, 9.17) is 10.2 Å². The number of aromatic amines is 1. The molecule has 0 saturated carbocycles.